The highest BCUT2D eigenvalue weighted by molar-refractivity contribution is 7.89. The van der Waals surface area contributed by atoms with E-state index in [9.17, 15) is 8.42 Å². The van der Waals surface area contributed by atoms with Crippen molar-refractivity contribution in [3.63, 3.8) is 0 Å². The smallest absolute Gasteiger partial charge is 0.240 e. The summed E-state index contributed by atoms with van der Waals surface area (Å²) in [6.45, 7) is 7.48. The van der Waals surface area contributed by atoms with Crippen molar-refractivity contribution in [3.05, 3.63) is 24.3 Å². The third-order valence-electron chi connectivity index (χ3n) is 3.26. The topological polar surface area (TPSA) is 58.2 Å². The number of sulfonamides is 1. The number of nitrogens with one attached hydrogen (secondary N) is 2. The van der Waals surface area contributed by atoms with Crippen LogP contribution >= 0.6 is 0 Å². The largest absolute Gasteiger partial charge is 0.385 e. The van der Waals surface area contributed by atoms with E-state index in [1.54, 1.807) is 24.3 Å². The Morgan fingerprint density at radius 1 is 1.05 bits per heavy atom. The molecular formula is C14H24N2O2S. The summed E-state index contributed by atoms with van der Waals surface area (Å²) in [7, 11) is -3.39. The predicted molar refractivity (Wildman–Crippen MR) is 79.9 cm³/mol. The average Bonchev–Trinajstić information content (AvgIpc) is 2.41. The zero-order chi connectivity index (χ0) is 14.3. The lowest BCUT2D eigenvalue weighted by molar-refractivity contribution is 0.479. The number of hydrogen-bond acceptors (Lipinski definition) is 3. The fourth-order valence-corrected chi connectivity index (χ4v) is 2.96. The minimum Gasteiger partial charge on any atom is -0.385 e. The molecule has 0 aliphatic heterocycles. The van der Waals surface area contributed by atoms with E-state index in [1.807, 2.05) is 6.92 Å². The molecule has 0 unspecified atom stereocenters. The number of anilines is 1. The lowest BCUT2D eigenvalue weighted by Crippen LogP contribution is -2.29. The molecule has 1 aromatic rings. The monoisotopic (exact) mass is 284 g/mol. The van der Waals surface area contributed by atoms with Gasteiger partial charge in [0.1, 0.15) is 0 Å². The van der Waals surface area contributed by atoms with Gasteiger partial charge in [-0.3, -0.25) is 0 Å². The van der Waals surface area contributed by atoms with Gasteiger partial charge in [-0.25, -0.2) is 13.1 Å². The van der Waals surface area contributed by atoms with Gasteiger partial charge >= 0.3 is 0 Å². The SMILES string of the molecule is CCNc1ccc(S(=O)(=O)NCC(CC)CC)cc1. The maximum absolute atomic E-state index is 12.1. The Hall–Kier alpha value is -1.07. The summed E-state index contributed by atoms with van der Waals surface area (Å²) in [5, 5.41) is 3.14. The second-order valence-corrected chi connectivity index (χ2v) is 6.36. The molecule has 0 saturated heterocycles. The summed E-state index contributed by atoms with van der Waals surface area (Å²) in [5.41, 5.74) is 0.932. The van der Waals surface area contributed by atoms with Gasteiger partial charge in [0, 0.05) is 18.8 Å². The molecule has 0 aromatic heterocycles. The Balaban J connectivity index is 2.71. The summed E-state index contributed by atoms with van der Waals surface area (Å²) < 4.78 is 26.9. The van der Waals surface area contributed by atoms with Crippen LogP contribution in [0.1, 0.15) is 33.6 Å². The summed E-state index contributed by atoms with van der Waals surface area (Å²) in [6.07, 6.45) is 1.97. The average molecular weight is 284 g/mol. The molecule has 0 amide bonds. The van der Waals surface area contributed by atoms with Crippen molar-refractivity contribution >= 4 is 15.7 Å². The molecule has 1 aromatic carbocycles. The quantitative estimate of drug-likeness (QED) is 0.771. The maximum atomic E-state index is 12.1. The van der Waals surface area contributed by atoms with E-state index < -0.39 is 10.0 Å². The molecule has 5 heteroatoms. The second-order valence-electron chi connectivity index (χ2n) is 4.59. The molecule has 0 aliphatic rings. The molecule has 4 nitrogen and oxygen atoms in total. The van der Waals surface area contributed by atoms with Crippen LogP contribution < -0.4 is 10.0 Å². The van der Waals surface area contributed by atoms with Crippen molar-refractivity contribution in [1.82, 2.24) is 4.72 Å². The molecule has 0 atom stereocenters. The summed E-state index contributed by atoms with van der Waals surface area (Å²) in [6, 6.07) is 6.84. The van der Waals surface area contributed by atoms with Crippen LogP contribution in [0.4, 0.5) is 5.69 Å². The Labute approximate surface area is 116 Å². The second kappa shape index (κ2) is 7.50. The predicted octanol–water partition coefficient (Wildman–Crippen LogP) is 2.83. The first-order chi connectivity index (χ1) is 9.03. The van der Waals surface area contributed by atoms with Gasteiger partial charge in [-0.2, -0.15) is 0 Å². The van der Waals surface area contributed by atoms with Crippen LogP contribution in [0.2, 0.25) is 0 Å². The minimum atomic E-state index is -3.39. The summed E-state index contributed by atoms with van der Waals surface area (Å²) in [5.74, 6) is 0.399. The molecule has 19 heavy (non-hydrogen) atoms. The van der Waals surface area contributed by atoms with Crippen LogP contribution in [0, 0.1) is 5.92 Å². The lowest BCUT2D eigenvalue weighted by atomic mass is 10.0. The Bertz CT molecular complexity index is 465. The molecule has 0 aliphatic carbocycles. The van der Waals surface area contributed by atoms with Crippen molar-refractivity contribution in [1.29, 1.82) is 0 Å². The molecule has 0 saturated carbocycles. The Morgan fingerprint density at radius 3 is 2.11 bits per heavy atom. The van der Waals surface area contributed by atoms with Gasteiger partial charge in [0.15, 0.2) is 0 Å². The van der Waals surface area contributed by atoms with E-state index in [2.05, 4.69) is 23.9 Å². The zero-order valence-corrected chi connectivity index (χ0v) is 12.8. The van der Waals surface area contributed by atoms with Crippen molar-refractivity contribution in [3.8, 4) is 0 Å². The van der Waals surface area contributed by atoms with Crippen LogP contribution in [0.3, 0.4) is 0 Å². The number of benzene rings is 1. The highest BCUT2D eigenvalue weighted by Crippen LogP contribution is 2.14. The van der Waals surface area contributed by atoms with Crippen LogP contribution in [-0.4, -0.2) is 21.5 Å². The standard InChI is InChI=1S/C14H24N2O2S/c1-4-12(5-2)11-16-19(17,18)14-9-7-13(8-10-14)15-6-3/h7-10,12,15-16H,4-6,11H2,1-3H3. The zero-order valence-electron chi connectivity index (χ0n) is 11.9. The van der Waals surface area contributed by atoms with Crippen molar-refractivity contribution in [2.24, 2.45) is 5.92 Å². The Morgan fingerprint density at radius 2 is 1.63 bits per heavy atom. The normalized spacial score (nSPS) is 11.8. The van der Waals surface area contributed by atoms with Crippen LogP contribution in [-0.2, 0) is 10.0 Å². The van der Waals surface area contributed by atoms with Gasteiger partial charge in [0.2, 0.25) is 10.0 Å². The molecule has 108 valence electrons. The van der Waals surface area contributed by atoms with Crippen molar-refractivity contribution in [2.75, 3.05) is 18.4 Å². The molecule has 0 bridgehead atoms. The van der Waals surface area contributed by atoms with E-state index in [0.717, 1.165) is 25.1 Å². The van der Waals surface area contributed by atoms with E-state index in [0.29, 0.717) is 17.4 Å². The molecule has 0 radical (unpaired) electrons. The molecule has 0 fully saturated rings. The van der Waals surface area contributed by atoms with Gasteiger partial charge in [-0.15, -0.1) is 0 Å². The fourth-order valence-electron chi connectivity index (χ4n) is 1.84. The molecule has 0 heterocycles. The molecule has 2 N–H and O–H groups in total. The van der Waals surface area contributed by atoms with Gasteiger partial charge in [0.05, 0.1) is 4.90 Å². The van der Waals surface area contributed by atoms with E-state index >= 15 is 0 Å². The minimum absolute atomic E-state index is 0.320. The van der Waals surface area contributed by atoms with E-state index in [1.165, 1.54) is 0 Å². The van der Waals surface area contributed by atoms with E-state index in [-0.39, 0.29) is 0 Å². The summed E-state index contributed by atoms with van der Waals surface area (Å²) in [4.78, 5) is 0.320. The van der Waals surface area contributed by atoms with Crippen LogP contribution in [0.15, 0.2) is 29.2 Å². The number of hydrogen-bond donors (Lipinski definition) is 2. The first kappa shape index (κ1) is 16.0. The third-order valence-corrected chi connectivity index (χ3v) is 4.70. The summed E-state index contributed by atoms with van der Waals surface area (Å²) >= 11 is 0. The highest BCUT2D eigenvalue weighted by Gasteiger charge is 2.15. The van der Waals surface area contributed by atoms with Gasteiger partial charge in [-0.1, -0.05) is 26.7 Å². The van der Waals surface area contributed by atoms with Gasteiger partial charge in [0.25, 0.3) is 0 Å². The first-order valence-corrected chi connectivity index (χ1v) is 8.35. The van der Waals surface area contributed by atoms with Crippen molar-refractivity contribution < 1.29 is 8.42 Å². The van der Waals surface area contributed by atoms with Crippen molar-refractivity contribution in [2.45, 2.75) is 38.5 Å². The third kappa shape index (κ3) is 4.84. The fraction of sp³-hybridized carbons (Fsp3) is 0.571. The van der Waals surface area contributed by atoms with Crippen LogP contribution in [0.5, 0.6) is 0 Å². The van der Waals surface area contributed by atoms with Gasteiger partial charge < -0.3 is 5.32 Å². The van der Waals surface area contributed by atoms with E-state index in [4.69, 9.17) is 0 Å². The molecule has 0 spiro atoms. The van der Waals surface area contributed by atoms with Gasteiger partial charge in [-0.05, 0) is 37.1 Å². The first-order valence-electron chi connectivity index (χ1n) is 6.87. The Kier molecular flexibility index (Phi) is 6.31. The highest BCUT2D eigenvalue weighted by atomic mass is 32.2. The van der Waals surface area contributed by atoms with Crippen LogP contribution in [0.25, 0.3) is 0 Å². The lowest BCUT2D eigenvalue weighted by Gasteiger charge is -2.14. The maximum Gasteiger partial charge on any atom is 0.240 e. The molecule has 1 rings (SSSR count). The number of rotatable bonds is 8. The molecular weight excluding hydrogens is 260 g/mol.